The fourth-order valence-electron chi connectivity index (χ4n) is 2.81. The zero-order chi connectivity index (χ0) is 17.5. The van der Waals surface area contributed by atoms with Crippen molar-refractivity contribution in [1.29, 1.82) is 0 Å². The lowest BCUT2D eigenvalue weighted by Gasteiger charge is -2.28. The topological polar surface area (TPSA) is 39.7 Å². The van der Waals surface area contributed by atoms with Crippen molar-refractivity contribution in [1.82, 2.24) is 15.5 Å². The first-order valence-corrected chi connectivity index (χ1v) is 9.33. The van der Waals surface area contributed by atoms with E-state index in [-0.39, 0.29) is 29.5 Å². The molecule has 2 N–H and O–H groups in total. The van der Waals surface area contributed by atoms with Crippen molar-refractivity contribution < 1.29 is 8.78 Å². The number of halogens is 3. The lowest BCUT2D eigenvalue weighted by Crippen LogP contribution is -2.47. The predicted molar refractivity (Wildman–Crippen MR) is 113 cm³/mol. The number of aliphatic imine (C=N–C) groups is 1. The average molecular weight is 484 g/mol. The van der Waals surface area contributed by atoms with Gasteiger partial charge < -0.3 is 15.5 Å². The van der Waals surface area contributed by atoms with Crippen molar-refractivity contribution in [3.63, 3.8) is 0 Å². The third-order valence-corrected chi connectivity index (χ3v) is 5.36. The molecule has 1 aliphatic heterocycles. The molecule has 0 aromatic heterocycles. The number of hydrogen-bond acceptors (Lipinski definition) is 3. The van der Waals surface area contributed by atoms with Gasteiger partial charge in [0.15, 0.2) is 5.96 Å². The largest absolute Gasteiger partial charge is 0.354 e. The molecule has 2 rings (SSSR count). The molecule has 1 aromatic carbocycles. The number of guanidine groups is 1. The van der Waals surface area contributed by atoms with Crippen molar-refractivity contribution in [3.8, 4) is 0 Å². The minimum Gasteiger partial charge on any atom is -0.354 e. The van der Waals surface area contributed by atoms with Crippen molar-refractivity contribution in [3.05, 3.63) is 35.4 Å². The first-order chi connectivity index (χ1) is 11.5. The number of likely N-dealkylation sites (N-methyl/N-ethyl adjacent to an activating group) is 1. The third-order valence-electron chi connectivity index (χ3n) is 4.14. The molecule has 0 bridgehead atoms. The molecule has 2 unspecified atom stereocenters. The molecule has 1 aliphatic rings. The molecular formula is C17H27F2IN4S. The van der Waals surface area contributed by atoms with Gasteiger partial charge >= 0.3 is 0 Å². The molecule has 142 valence electrons. The maximum atomic E-state index is 14.1. The monoisotopic (exact) mass is 484 g/mol. The molecule has 1 saturated heterocycles. The van der Waals surface area contributed by atoms with Crippen LogP contribution in [0.5, 0.6) is 0 Å². The summed E-state index contributed by atoms with van der Waals surface area (Å²) < 4.78 is 28.2. The van der Waals surface area contributed by atoms with Crippen LogP contribution in [0.4, 0.5) is 8.78 Å². The van der Waals surface area contributed by atoms with Crippen LogP contribution in [0.25, 0.3) is 0 Å². The van der Waals surface area contributed by atoms with E-state index in [0.717, 1.165) is 12.2 Å². The van der Waals surface area contributed by atoms with Gasteiger partial charge in [-0.05, 0) is 44.8 Å². The summed E-state index contributed by atoms with van der Waals surface area (Å²) in [4.78, 5) is 6.03. The van der Waals surface area contributed by atoms with Crippen LogP contribution in [0.2, 0.25) is 0 Å². The number of nitrogens with zero attached hydrogens (tertiary/aromatic N) is 2. The first-order valence-electron chi connectivity index (χ1n) is 8.18. The number of hydrogen-bond donors (Lipinski definition) is 2. The van der Waals surface area contributed by atoms with Gasteiger partial charge in [0.1, 0.15) is 11.6 Å². The van der Waals surface area contributed by atoms with E-state index in [9.17, 15) is 8.78 Å². The van der Waals surface area contributed by atoms with E-state index >= 15 is 0 Å². The minimum absolute atomic E-state index is 0. The molecule has 0 saturated carbocycles. The van der Waals surface area contributed by atoms with Crippen LogP contribution in [-0.4, -0.2) is 56.1 Å². The highest BCUT2D eigenvalue weighted by molar-refractivity contribution is 14.0. The summed E-state index contributed by atoms with van der Waals surface area (Å²) >= 11 is 1.93. The quantitative estimate of drug-likeness (QED) is 0.383. The Morgan fingerprint density at radius 2 is 2.04 bits per heavy atom. The molecule has 8 heteroatoms. The number of thioether (sulfide) groups is 1. The lowest BCUT2D eigenvalue weighted by molar-refractivity contribution is 0.282. The van der Waals surface area contributed by atoms with Crippen LogP contribution < -0.4 is 10.6 Å². The van der Waals surface area contributed by atoms with Crippen LogP contribution in [0.15, 0.2) is 23.2 Å². The Bertz CT molecular complexity index is 545. The van der Waals surface area contributed by atoms with Crippen molar-refractivity contribution in [2.75, 3.05) is 39.2 Å². The van der Waals surface area contributed by atoms with Crippen LogP contribution in [0.3, 0.4) is 0 Å². The maximum Gasteiger partial charge on any atom is 0.191 e. The summed E-state index contributed by atoms with van der Waals surface area (Å²) in [6, 6.07) is 3.93. The standard InChI is InChI=1S/C17H26F2N4S.HI/c1-20-17(22-12-6-5-9-24-11-12)21-10-15(23(2)3)16-13(18)7-4-8-14(16)19;/h4,7-8,12,15H,5-6,9-11H2,1-3H3,(H2,20,21,22);1H. The van der Waals surface area contributed by atoms with Gasteiger partial charge in [0.05, 0.1) is 6.04 Å². The van der Waals surface area contributed by atoms with Gasteiger partial charge in [-0.2, -0.15) is 11.8 Å². The highest BCUT2D eigenvalue weighted by Gasteiger charge is 2.23. The summed E-state index contributed by atoms with van der Waals surface area (Å²) in [6.45, 7) is 0.365. The Hall–Kier alpha value is -0.610. The Kier molecular flexibility index (Phi) is 10.0. The highest BCUT2D eigenvalue weighted by atomic mass is 127. The van der Waals surface area contributed by atoms with Crippen LogP contribution in [0, 0.1) is 11.6 Å². The van der Waals surface area contributed by atoms with Gasteiger partial charge in [0.2, 0.25) is 0 Å². The fraction of sp³-hybridized carbons (Fsp3) is 0.588. The van der Waals surface area contributed by atoms with E-state index in [0.29, 0.717) is 18.5 Å². The van der Waals surface area contributed by atoms with E-state index in [4.69, 9.17) is 0 Å². The Labute approximate surface area is 170 Å². The molecule has 2 atom stereocenters. The Morgan fingerprint density at radius 3 is 2.56 bits per heavy atom. The van der Waals surface area contributed by atoms with E-state index < -0.39 is 17.7 Å². The smallest absolute Gasteiger partial charge is 0.191 e. The SMILES string of the molecule is CN=C(NCC(c1c(F)cccc1F)N(C)C)NC1CCCSC1.I. The second kappa shape index (κ2) is 11.2. The molecule has 1 fully saturated rings. The van der Waals surface area contributed by atoms with Crippen LogP contribution in [0.1, 0.15) is 24.4 Å². The van der Waals surface area contributed by atoms with Crippen molar-refractivity contribution in [2.24, 2.45) is 4.99 Å². The molecule has 1 aromatic rings. The highest BCUT2D eigenvalue weighted by Crippen LogP contribution is 2.24. The number of rotatable bonds is 5. The van der Waals surface area contributed by atoms with E-state index in [2.05, 4.69) is 15.6 Å². The van der Waals surface area contributed by atoms with E-state index in [1.807, 2.05) is 25.9 Å². The summed E-state index contributed by atoms with van der Waals surface area (Å²) in [5.74, 6) is 1.88. The fourth-order valence-corrected chi connectivity index (χ4v) is 3.88. The van der Waals surface area contributed by atoms with Crippen LogP contribution in [-0.2, 0) is 0 Å². The predicted octanol–water partition coefficient (Wildman–Crippen LogP) is 3.25. The Morgan fingerprint density at radius 1 is 1.36 bits per heavy atom. The summed E-state index contributed by atoms with van der Waals surface area (Å²) in [5.41, 5.74) is 0.0821. The van der Waals surface area contributed by atoms with Crippen molar-refractivity contribution in [2.45, 2.75) is 24.9 Å². The summed E-state index contributed by atoms with van der Waals surface area (Å²) in [5, 5.41) is 6.60. The Balaban J connectivity index is 0.00000312. The van der Waals surface area contributed by atoms with Gasteiger partial charge in [-0.3, -0.25) is 4.99 Å². The van der Waals surface area contributed by atoms with Gasteiger partial charge in [-0.15, -0.1) is 24.0 Å². The molecule has 0 radical (unpaired) electrons. The first kappa shape index (κ1) is 22.4. The van der Waals surface area contributed by atoms with Gasteiger partial charge in [0.25, 0.3) is 0 Å². The minimum atomic E-state index is -0.526. The molecule has 0 spiro atoms. The molecular weight excluding hydrogens is 457 g/mol. The molecule has 0 aliphatic carbocycles. The molecule has 0 amide bonds. The summed E-state index contributed by atoms with van der Waals surface area (Å²) in [7, 11) is 5.33. The van der Waals surface area contributed by atoms with E-state index in [1.54, 1.807) is 11.9 Å². The van der Waals surface area contributed by atoms with Gasteiger partial charge in [0, 0.05) is 31.0 Å². The maximum absolute atomic E-state index is 14.1. The number of benzene rings is 1. The molecule has 4 nitrogen and oxygen atoms in total. The van der Waals surface area contributed by atoms with Crippen molar-refractivity contribution >= 4 is 41.7 Å². The average Bonchev–Trinajstić information content (AvgIpc) is 2.56. The number of nitrogens with one attached hydrogen (secondary N) is 2. The third kappa shape index (κ3) is 6.56. The van der Waals surface area contributed by atoms with Gasteiger partial charge in [-0.25, -0.2) is 8.78 Å². The second-order valence-corrected chi connectivity index (χ2v) is 7.28. The molecule has 25 heavy (non-hydrogen) atoms. The van der Waals surface area contributed by atoms with Gasteiger partial charge in [-0.1, -0.05) is 6.07 Å². The zero-order valence-electron chi connectivity index (χ0n) is 14.9. The summed E-state index contributed by atoms with van der Waals surface area (Å²) in [6.07, 6.45) is 2.31. The zero-order valence-corrected chi connectivity index (χ0v) is 18.0. The lowest BCUT2D eigenvalue weighted by atomic mass is 10.0. The van der Waals surface area contributed by atoms with Crippen LogP contribution >= 0.6 is 35.7 Å². The molecule has 1 heterocycles. The second-order valence-electron chi connectivity index (χ2n) is 6.13. The normalized spacial score (nSPS) is 19.3. The van der Waals surface area contributed by atoms with E-state index in [1.165, 1.54) is 30.4 Å².